The number of carbonyl (C=O) groups excluding carboxylic acids is 1. The number of aliphatic carboxylic acids is 1. The summed E-state index contributed by atoms with van der Waals surface area (Å²) in [4.78, 5) is 24.2. The molecule has 0 bridgehead atoms. The summed E-state index contributed by atoms with van der Waals surface area (Å²) >= 11 is 6.01. The number of ether oxygens (including phenoxy) is 2. The molecule has 1 amide bonds. The number of likely N-dealkylation sites (N-methyl/N-ethyl adjacent to an activating group) is 1. The average Bonchev–Trinajstić information content (AvgIpc) is 2.43. The molecule has 1 aromatic rings. The third-order valence-electron chi connectivity index (χ3n) is 2.94. The van der Waals surface area contributed by atoms with E-state index in [-0.39, 0.29) is 10.6 Å². The second-order valence-electron chi connectivity index (χ2n) is 4.12. The Labute approximate surface area is 121 Å². The third kappa shape index (κ3) is 3.14. The summed E-state index contributed by atoms with van der Waals surface area (Å²) in [6.07, 6.45) is 0. The van der Waals surface area contributed by atoms with Crippen LogP contribution in [-0.2, 0) is 4.79 Å². The van der Waals surface area contributed by atoms with E-state index in [1.54, 1.807) is 0 Å². The number of halogens is 1. The van der Waals surface area contributed by atoms with Crippen molar-refractivity contribution in [3.05, 3.63) is 22.7 Å². The lowest BCUT2D eigenvalue weighted by molar-refractivity contribution is -0.141. The van der Waals surface area contributed by atoms with E-state index in [0.717, 1.165) is 4.90 Å². The highest BCUT2D eigenvalue weighted by atomic mass is 35.5. The van der Waals surface area contributed by atoms with Crippen LogP contribution in [0.15, 0.2) is 12.1 Å². The zero-order valence-electron chi connectivity index (χ0n) is 11.6. The highest BCUT2D eigenvalue weighted by molar-refractivity contribution is 6.32. The number of carboxylic acids is 1. The topological polar surface area (TPSA) is 76.1 Å². The molecule has 0 aliphatic heterocycles. The highest BCUT2D eigenvalue weighted by Crippen LogP contribution is 2.36. The number of carboxylic acid groups (broad SMARTS) is 1. The Balaban J connectivity index is 3.17. The van der Waals surface area contributed by atoms with E-state index < -0.39 is 17.9 Å². The van der Waals surface area contributed by atoms with Gasteiger partial charge in [0.05, 0.1) is 19.2 Å². The molecule has 1 atom stereocenters. The summed E-state index contributed by atoms with van der Waals surface area (Å²) in [5, 5.41) is 9.14. The van der Waals surface area contributed by atoms with Crippen LogP contribution in [0, 0.1) is 0 Å². The number of amides is 1. The van der Waals surface area contributed by atoms with Crippen LogP contribution < -0.4 is 9.47 Å². The SMILES string of the molecule is COc1cc(C(=O)N(C)C(C)C(=O)O)cc(Cl)c1OC. The molecule has 20 heavy (non-hydrogen) atoms. The Bertz CT molecular complexity index is 532. The van der Waals surface area contributed by atoms with Crippen molar-refractivity contribution in [2.45, 2.75) is 13.0 Å². The van der Waals surface area contributed by atoms with Crippen LogP contribution >= 0.6 is 11.6 Å². The van der Waals surface area contributed by atoms with Crippen LogP contribution in [0.25, 0.3) is 0 Å². The van der Waals surface area contributed by atoms with Crippen molar-refractivity contribution >= 4 is 23.5 Å². The van der Waals surface area contributed by atoms with Gasteiger partial charge in [0.25, 0.3) is 5.91 Å². The van der Waals surface area contributed by atoms with E-state index in [2.05, 4.69) is 0 Å². The molecule has 0 spiro atoms. The van der Waals surface area contributed by atoms with E-state index in [1.165, 1.54) is 40.3 Å². The standard InChI is InChI=1S/C13H16ClNO5/c1-7(13(17)18)15(2)12(16)8-5-9(14)11(20-4)10(6-8)19-3/h5-7H,1-4H3,(H,17,18). The predicted molar refractivity (Wildman–Crippen MR) is 73.7 cm³/mol. The molecule has 0 saturated carbocycles. The molecule has 1 aromatic carbocycles. The Kier molecular flexibility index (Phi) is 5.21. The molecule has 0 radical (unpaired) electrons. The zero-order valence-corrected chi connectivity index (χ0v) is 12.4. The first-order valence-corrected chi connectivity index (χ1v) is 6.12. The second-order valence-corrected chi connectivity index (χ2v) is 4.53. The fraction of sp³-hybridized carbons (Fsp3) is 0.385. The van der Waals surface area contributed by atoms with Gasteiger partial charge < -0.3 is 19.5 Å². The fourth-order valence-corrected chi connectivity index (χ4v) is 1.87. The molecular weight excluding hydrogens is 286 g/mol. The average molecular weight is 302 g/mol. The molecule has 6 nitrogen and oxygen atoms in total. The summed E-state index contributed by atoms with van der Waals surface area (Å²) in [7, 11) is 4.27. The van der Waals surface area contributed by atoms with Crippen molar-refractivity contribution in [2.24, 2.45) is 0 Å². The largest absolute Gasteiger partial charge is 0.493 e. The molecule has 7 heteroatoms. The van der Waals surface area contributed by atoms with E-state index in [9.17, 15) is 9.59 Å². The third-order valence-corrected chi connectivity index (χ3v) is 3.22. The van der Waals surface area contributed by atoms with Crippen LogP contribution in [0.1, 0.15) is 17.3 Å². The van der Waals surface area contributed by atoms with Gasteiger partial charge in [-0.05, 0) is 19.1 Å². The molecule has 0 heterocycles. The van der Waals surface area contributed by atoms with Gasteiger partial charge in [-0.15, -0.1) is 0 Å². The van der Waals surface area contributed by atoms with Crippen LogP contribution in [0.3, 0.4) is 0 Å². The van der Waals surface area contributed by atoms with Crippen LogP contribution in [0.4, 0.5) is 0 Å². The van der Waals surface area contributed by atoms with Gasteiger partial charge in [-0.25, -0.2) is 4.79 Å². The number of carbonyl (C=O) groups is 2. The van der Waals surface area contributed by atoms with Crippen LogP contribution in [0.5, 0.6) is 11.5 Å². The van der Waals surface area contributed by atoms with Crippen LogP contribution in [-0.4, -0.2) is 49.2 Å². The van der Waals surface area contributed by atoms with E-state index in [1.807, 2.05) is 0 Å². The molecule has 0 fully saturated rings. The van der Waals surface area contributed by atoms with Crippen molar-refractivity contribution in [3.8, 4) is 11.5 Å². The molecule has 1 N–H and O–H groups in total. The van der Waals surface area contributed by atoms with E-state index in [4.69, 9.17) is 26.2 Å². The van der Waals surface area contributed by atoms with Gasteiger partial charge in [0, 0.05) is 12.6 Å². The first kappa shape index (κ1) is 16.1. The number of benzene rings is 1. The number of nitrogens with zero attached hydrogens (tertiary/aromatic N) is 1. The summed E-state index contributed by atoms with van der Waals surface area (Å²) in [6.45, 7) is 1.42. The predicted octanol–water partition coefficient (Wildman–Crippen LogP) is 1.90. The highest BCUT2D eigenvalue weighted by Gasteiger charge is 2.24. The second kappa shape index (κ2) is 6.47. The molecule has 110 valence electrons. The maximum Gasteiger partial charge on any atom is 0.326 e. The minimum Gasteiger partial charge on any atom is -0.493 e. The molecule has 0 saturated heterocycles. The molecular formula is C13H16ClNO5. The maximum atomic E-state index is 12.2. The lowest BCUT2D eigenvalue weighted by Gasteiger charge is -2.22. The molecule has 0 aromatic heterocycles. The molecule has 0 aliphatic rings. The maximum absolute atomic E-state index is 12.2. The number of rotatable bonds is 5. The minimum absolute atomic E-state index is 0.214. The van der Waals surface area contributed by atoms with Gasteiger partial charge in [0.2, 0.25) is 0 Å². The van der Waals surface area contributed by atoms with Gasteiger partial charge in [-0.2, -0.15) is 0 Å². The first-order valence-electron chi connectivity index (χ1n) is 5.75. The summed E-state index contributed by atoms with van der Waals surface area (Å²) in [6, 6.07) is 1.92. The number of hydrogen-bond acceptors (Lipinski definition) is 4. The van der Waals surface area contributed by atoms with Gasteiger partial charge in [-0.3, -0.25) is 4.79 Å². The van der Waals surface area contributed by atoms with Gasteiger partial charge >= 0.3 is 5.97 Å². The molecule has 1 rings (SSSR count). The van der Waals surface area contributed by atoms with Crippen molar-refractivity contribution in [2.75, 3.05) is 21.3 Å². The van der Waals surface area contributed by atoms with Crippen molar-refractivity contribution < 1.29 is 24.2 Å². The van der Waals surface area contributed by atoms with Crippen molar-refractivity contribution in [1.29, 1.82) is 0 Å². The number of hydrogen-bond donors (Lipinski definition) is 1. The van der Waals surface area contributed by atoms with Crippen molar-refractivity contribution in [1.82, 2.24) is 4.90 Å². The normalized spacial score (nSPS) is 11.7. The Morgan fingerprint density at radius 3 is 2.35 bits per heavy atom. The van der Waals surface area contributed by atoms with Gasteiger partial charge in [0.1, 0.15) is 6.04 Å². The Morgan fingerprint density at radius 1 is 1.30 bits per heavy atom. The fourth-order valence-electron chi connectivity index (χ4n) is 1.59. The van der Waals surface area contributed by atoms with Crippen LogP contribution in [0.2, 0.25) is 5.02 Å². The molecule has 1 unspecified atom stereocenters. The summed E-state index contributed by atoms with van der Waals surface area (Å²) in [5.41, 5.74) is 0.225. The van der Waals surface area contributed by atoms with Crippen molar-refractivity contribution in [3.63, 3.8) is 0 Å². The first-order chi connectivity index (χ1) is 9.33. The summed E-state index contributed by atoms with van der Waals surface area (Å²) < 4.78 is 10.2. The Hall–Kier alpha value is -1.95. The molecule has 0 aliphatic carbocycles. The zero-order chi connectivity index (χ0) is 15.4. The summed E-state index contributed by atoms with van der Waals surface area (Å²) in [5.74, 6) is -0.936. The monoisotopic (exact) mass is 301 g/mol. The lowest BCUT2D eigenvalue weighted by atomic mass is 10.1. The lowest BCUT2D eigenvalue weighted by Crippen LogP contribution is -2.40. The minimum atomic E-state index is -1.09. The van der Waals surface area contributed by atoms with Gasteiger partial charge in [0.15, 0.2) is 11.5 Å². The van der Waals surface area contributed by atoms with E-state index in [0.29, 0.717) is 11.5 Å². The quantitative estimate of drug-likeness (QED) is 0.899. The van der Waals surface area contributed by atoms with Gasteiger partial charge in [-0.1, -0.05) is 11.6 Å². The number of methoxy groups -OCH3 is 2. The Morgan fingerprint density at radius 2 is 1.90 bits per heavy atom. The smallest absolute Gasteiger partial charge is 0.326 e. The van der Waals surface area contributed by atoms with E-state index >= 15 is 0 Å².